The minimum atomic E-state index is 0.650. The lowest BCUT2D eigenvalue weighted by Gasteiger charge is -2.28. The van der Waals surface area contributed by atoms with Gasteiger partial charge in [-0.3, -0.25) is 0 Å². The molecular formula is C19H30BrN. The molecule has 0 saturated heterocycles. The zero-order valence-electron chi connectivity index (χ0n) is 13.6. The summed E-state index contributed by atoms with van der Waals surface area (Å²) in [6, 6.07) is 8.82. The molecule has 1 fully saturated rings. The Balaban J connectivity index is 2.11. The lowest BCUT2D eigenvalue weighted by molar-refractivity contribution is 0.355. The maximum Gasteiger partial charge on any atom is 0.0210 e. The minimum absolute atomic E-state index is 0.650. The molecule has 118 valence electrons. The van der Waals surface area contributed by atoms with Crippen molar-refractivity contribution in [3.63, 3.8) is 0 Å². The van der Waals surface area contributed by atoms with Gasteiger partial charge in [0, 0.05) is 16.9 Å². The van der Waals surface area contributed by atoms with Gasteiger partial charge in [-0.1, -0.05) is 73.7 Å². The predicted octanol–water partition coefficient (Wildman–Crippen LogP) is 5.75. The fourth-order valence-corrected chi connectivity index (χ4v) is 4.13. The van der Waals surface area contributed by atoms with Gasteiger partial charge in [0.15, 0.2) is 0 Å². The fraction of sp³-hybridized carbons (Fsp3) is 0.684. The number of benzene rings is 1. The Bertz CT molecular complexity index is 408. The van der Waals surface area contributed by atoms with Crippen molar-refractivity contribution in [3.05, 3.63) is 34.3 Å². The molecule has 1 saturated carbocycles. The van der Waals surface area contributed by atoms with E-state index in [0.29, 0.717) is 5.92 Å². The maximum absolute atomic E-state index is 3.78. The average Bonchev–Trinajstić information content (AvgIpc) is 2.73. The monoisotopic (exact) mass is 351 g/mol. The van der Waals surface area contributed by atoms with E-state index in [0.717, 1.165) is 24.9 Å². The third-order valence-corrected chi connectivity index (χ3v) is 5.41. The Morgan fingerprint density at radius 3 is 2.33 bits per heavy atom. The van der Waals surface area contributed by atoms with E-state index in [1.54, 1.807) is 0 Å². The zero-order chi connectivity index (χ0) is 15.1. The summed E-state index contributed by atoms with van der Waals surface area (Å²) in [6.07, 6.45) is 8.48. The Labute approximate surface area is 139 Å². The smallest absolute Gasteiger partial charge is 0.0210 e. The van der Waals surface area contributed by atoms with Crippen molar-refractivity contribution in [2.24, 2.45) is 11.8 Å². The predicted molar refractivity (Wildman–Crippen MR) is 95.8 cm³/mol. The molecule has 0 spiro atoms. The first-order chi connectivity index (χ1) is 10.2. The molecule has 21 heavy (non-hydrogen) atoms. The van der Waals surface area contributed by atoms with Crippen LogP contribution in [-0.2, 0) is 0 Å². The van der Waals surface area contributed by atoms with Gasteiger partial charge in [-0.2, -0.15) is 0 Å². The minimum Gasteiger partial charge on any atom is -0.316 e. The van der Waals surface area contributed by atoms with Crippen LogP contribution in [0.25, 0.3) is 0 Å². The second-order valence-electron chi connectivity index (χ2n) is 6.93. The van der Waals surface area contributed by atoms with E-state index >= 15 is 0 Å². The molecule has 1 atom stereocenters. The average molecular weight is 352 g/mol. The SMILES string of the molecule is CC(C)CNCC(c1ccccc1Br)C1CCCCCC1. The van der Waals surface area contributed by atoms with Crippen LogP contribution in [0, 0.1) is 11.8 Å². The van der Waals surface area contributed by atoms with Gasteiger partial charge in [-0.25, -0.2) is 0 Å². The summed E-state index contributed by atoms with van der Waals surface area (Å²) < 4.78 is 1.28. The van der Waals surface area contributed by atoms with Gasteiger partial charge in [-0.15, -0.1) is 0 Å². The summed E-state index contributed by atoms with van der Waals surface area (Å²) in [6.45, 7) is 6.80. The Morgan fingerprint density at radius 2 is 1.71 bits per heavy atom. The van der Waals surface area contributed by atoms with Crippen LogP contribution in [0.5, 0.6) is 0 Å². The van der Waals surface area contributed by atoms with Crippen molar-refractivity contribution >= 4 is 15.9 Å². The molecule has 1 aromatic rings. The fourth-order valence-electron chi connectivity index (χ4n) is 3.55. The van der Waals surface area contributed by atoms with Crippen molar-refractivity contribution in [2.75, 3.05) is 13.1 Å². The topological polar surface area (TPSA) is 12.0 Å². The number of halogens is 1. The summed E-state index contributed by atoms with van der Waals surface area (Å²) in [7, 11) is 0. The van der Waals surface area contributed by atoms with E-state index in [1.165, 1.54) is 48.6 Å². The highest BCUT2D eigenvalue weighted by Crippen LogP contribution is 2.37. The van der Waals surface area contributed by atoms with Crippen LogP contribution in [0.2, 0.25) is 0 Å². The van der Waals surface area contributed by atoms with Gasteiger partial charge < -0.3 is 5.32 Å². The van der Waals surface area contributed by atoms with Gasteiger partial charge >= 0.3 is 0 Å². The molecule has 0 heterocycles. The second-order valence-corrected chi connectivity index (χ2v) is 7.79. The van der Waals surface area contributed by atoms with Gasteiger partial charge in [0.1, 0.15) is 0 Å². The molecular weight excluding hydrogens is 322 g/mol. The summed E-state index contributed by atoms with van der Waals surface area (Å²) in [5.41, 5.74) is 1.50. The van der Waals surface area contributed by atoms with Crippen LogP contribution in [0.4, 0.5) is 0 Å². The van der Waals surface area contributed by atoms with Gasteiger partial charge in [-0.05, 0) is 42.9 Å². The molecule has 0 amide bonds. The van der Waals surface area contributed by atoms with Crippen molar-refractivity contribution in [2.45, 2.75) is 58.3 Å². The summed E-state index contributed by atoms with van der Waals surface area (Å²) in [4.78, 5) is 0. The lowest BCUT2D eigenvalue weighted by Crippen LogP contribution is -2.29. The molecule has 1 aromatic carbocycles. The van der Waals surface area contributed by atoms with E-state index < -0.39 is 0 Å². The van der Waals surface area contributed by atoms with Crippen LogP contribution in [-0.4, -0.2) is 13.1 Å². The Hall–Kier alpha value is -0.340. The van der Waals surface area contributed by atoms with Crippen LogP contribution >= 0.6 is 15.9 Å². The summed E-state index contributed by atoms with van der Waals surface area (Å²) >= 11 is 3.78. The molecule has 0 radical (unpaired) electrons. The van der Waals surface area contributed by atoms with E-state index in [-0.39, 0.29) is 0 Å². The van der Waals surface area contributed by atoms with Gasteiger partial charge in [0.25, 0.3) is 0 Å². The van der Waals surface area contributed by atoms with Gasteiger partial charge in [0.2, 0.25) is 0 Å². The molecule has 1 unspecified atom stereocenters. The lowest BCUT2D eigenvalue weighted by atomic mass is 9.81. The number of hydrogen-bond donors (Lipinski definition) is 1. The first-order valence-electron chi connectivity index (χ1n) is 8.63. The number of nitrogens with one attached hydrogen (secondary N) is 1. The quantitative estimate of drug-likeness (QED) is 0.643. The molecule has 1 nitrogen and oxygen atoms in total. The third kappa shape index (κ3) is 5.41. The largest absolute Gasteiger partial charge is 0.316 e. The summed E-state index contributed by atoms with van der Waals surface area (Å²) in [5, 5.41) is 3.71. The van der Waals surface area contributed by atoms with E-state index in [4.69, 9.17) is 0 Å². The van der Waals surface area contributed by atoms with Crippen LogP contribution in [0.15, 0.2) is 28.7 Å². The molecule has 1 N–H and O–H groups in total. The molecule has 2 rings (SSSR count). The van der Waals surface area contributed by atoms with E-state index in [1.807, 2.05) is 0 Å². The van der Waals surface area contributed by atoms with E-state index in [9.17, 15) is 0 Å². The molecule has 0 aliphatic heterocycles. The summed E-state index contributed by atoms with van der Waals surface area (Å²) in [5.74, 6) is 2.21. The first-order valence-corrected chi connectivity index (χ1v) is 9.43. The van der Waals surface area contributed by atoms with Crippen LogP contribution in [0.3, 0.4) is 0 Å². The third-order valence-electron chi connectivity index (χ3n) is 4.69. The number of rotatable bonds is 6. The van der Waals surface area contributed by atoms with Crippen molar-refractivity contribution in [3.8, 4) is 0 Å². The van der Waals surface area contributed by atoms with Crippen LogP contribution in [0.1, 0.15) is 63.9 Å². The standard InChI is InChI=1S/C19H30BrN/c1-15(2)13-21-14-18(16-9-5-3-4-6-10-16)17-11-7-8-12-19(17)20/h7-8,11-12,15-16,18,21H,3-6,9-10,13-14H2,1-2H3. The van der Waals surface area contributed by atoms with Gasteiger partial charge in [0.05, 0.1) is 0 Å². The van der Waals surface area contributed by atoms with E-state index in [2.05, 4.69) is 59.4 Å². The van der Waals surface area contributed by atoms with Crippen molar-refractivity contribution in [1.29, 1.82) is 0 Å². The van der Waals surface area contributed by atoms with Crippen molar-refractivity contribution < 1.29 is 0 Å². The molecule has 1 aliphatic rings. The highest BCUT2D eigenvalue weighted by atomic mass is 79.9. The Morgan fingerprint density at radius 1 is 1.05 bits per heavy atom. The van der Waals surface area contributed by atoms with Crippen LogP contribution < -0.4 is 5.32 Å². The molecule has 2 heteroatoms. The maximum atomic E-state index is 3.78. The zero-order valence-corrected chi connectivity index (χ0v) is 15.2. The first kappa shape index (κ1) is 17.0. The molecule has 0 aromatic heterocycles. The highest BCUT2D eigenvalue weighted by molar-refractivity contribution is 9.10. The normalized spacial score (nSPS) is 18.7. The molecule has 1 aliphatic carbocycles. The number of hydrogen-bond acceptors (Lipinski definition) is 1. The Kier molecular flexibility index (Phi) is 7.25. The van der Waals surface area contributed by atoms with Crippen molar-refractivity contribution in [1.82, 2.24) is 5.32 Å². The molecule has 0 bridgehead atoms. The highest BCUT2D eigenvalue weighted by Gasteiger charge is 2.25. The second kappa shape index (κ2) is 8.95.